The molecule has 1 N–H and O–H groups in total. The summed E-state index contributed by atoms with van der Waals surface area (Å²) >= 11 is 0. The highest BCUT2D eigenvalue weighted by atomic mass is 19.4. The van der Waals surface area contributed by atoms with Crippen LogP contribution in [-0.2, 0) is 12.8 Å². The first-order valence-corrected chi connectivity index (χ1v) is 11.1. The minimum Gasteiger partial charge on any atom is -0.485 e. The summed E-state index contributed by atoms with van der Waals surface area (Å²) in [5.74, 6) is -1.04. The van der Waals surface area contributed by atoms with Crippen molar-refractivity contribution in [2.75, 3.05) is 0 Å². The molecule has 0 atom stereocenters. The summed E-state index contributed by atoms with van der Waals surface area (Å²) in [5, 5.41) is 11.7. The molecule has 0 spiro atoms. The Balaban J connectivity index is 1.21. The van der Waals surface area contributed by atoms with Gasteiger partial charge in [0.1, 0.15) is 23.4 Å². The number of nitrogens with zero attached hydrogens (tertiary/aromatic N) is 3. The number of ether oxygens (including phenoxy) is 1. The molecule has 0 radical (unpaired) electrons. The smallest absolute Gasteiger partial charge is 0.416 e. The van der Waals surface area contributed by atoms with Crippen molar-refractivity contribution in [3.8, 4) is 28.3 Å². The highest BCUT2D eigenvalue weighted by Gasteiger charge is 2.32. The van der Waals surface area contributed by atoms with Gasteiger partial charge < -0.3 is 13.7 Å². The van der Waals surface area contributed by atoms with E-state index in [1.54, 1.807) is 24.4 Å². The molecule has 0 saturated carbocycles. The lowest BCUT2D eigenvalue weighted by Crippen LogP contribution is -2.05. The van der Waals surface area contributed by atoms with E-state index in [-0.39, 0.29) is 34.9 Å². The highest BCUT2D eigenvalue weighted by Crippen LogP contribution is 2.33. The first-order chi connectivity index (χ1) is 18.2. The van der Waals surface area contributed by atoms with Crippen LogP contribution in [0.25, 0.3) is 44.5 Å². The van der Waals surface area contributed by atoms with Gasteiger partial charge >= 0.3 is 6.18 Å². The summed E-state index contributed by atoms with van der Waals surface area (Å²) in [6.45, 7) is -0.205. The van der Waals surface area contributed by atoms with E-state index in [9.17, 15) is 22.4 Å². The van der Waals surface area contributed by atoms with Crippen molar-refractivity contribution in [3.63, 3.8) is 0 Å². The van der Waals surface area contributed by atoms with Gasteiger partial charge in [-0.25, -0.2) is 4.39 Å². The molecule has 0 fully saturated rings. The third-order valence-corrected chi connectivity index (χ3v) is 5.81. The molecule has 6 aromatic rings. The van der Waals surface area contributed by atoms with Crippen molar-refractivity contribution in [2.45, 2.75) is 12.8 Å². The van der Waals surface area contributed by atoms with Crippen LogP contribution in [0.2, 0.25) is 0 Å². The number of fused-ring (bicyclic) bond motifs is 2. The Morgan fingerprint density at radius 3 is 2.71 bits per heavy atom. The van der Waals surface area contributed by atoms with Gasteiger partial charge in [-0.15, -0.1) is 0 Å². The zero-order valence-electron chi connectivity index (χ0n) is 19.0. The van der Waals surface area contributed by atoms with E-state index in [2.05, 4.69) is 20.3 Å². The number of hydrogen-bond donors (Lipinski definition) is 1. The van der Waals surface area contributed by atoms with Gasteiger partial charge in [0.2, 0.25) is 5.82 Å². The van der Waals surface area contributed by atoms with E-state index in [1.807, 2.05) is 12.1 Å². The molecule has 38 heavy (non-hydrogen) atoms. The maximum Gasteiger partial charge on any atom is 0.416 e. The van der Waals surface area contributed by atoms with Crippen LogP contribution in [0.1, 0.15) is 11.4 Å². The van der Waals surface area contributed by atoms with Gasteiger partial charge in [-0.2, -0.15) is 23.3 Å². The Hall–Kier alpha value is -5.00. The van der Waals surface area contributed by atoms with Crippen LogP contribution < -0.4 is 10.2 Å². The molecular weight excluding hydrogens is 508 g/mol. The van der Waals surface area contributed by atoms with Gasteiger partial charge in [-0.05, 0) is 48.0 Å². The number of benzene rings is 3. The molecule has 0 aliphatic heterocycles. The number of aromatic amines is 1. The molecule has 3 aromatic heterocycles. The Kier molecular flexibility index (Phi) is 5.44. The van der Waals surface area contributed by atoms with Crippen molar-refractivity contribution in [1.82, 2.24) is 20.3 Å². The quantitative estimate of drug-likeness (QED) is 0.272. The topological polar surface area (TPSA) is 107 Å². The van der Waals surface area contributed by atoms with E-state index < -0.39 is 17.6 Å². The third kappa shape index (κ3) is 4.36. The van der Waals surface area contributed by atoms with E-state index in [0.29, 0.717) is 34.4 Å². The van der Waals surface area contributed by atoms with Crippen LogP contribution in [0.15, 0.2) is 80.8 Å². The summed E-state index contributed by atoms with van der Waals surface area (Å²) in [6.07, 6.45) is -1.70. The van der Waals surface area contributed by atoms with Gasteiger partial charge in [0.05, 0.1) is 28.2 Å². The Morgan fingerprint density at radius 2 is 1.87 bits per heavy atom. The summed E-state index contributed by atoms with van der Waals surface area (Å²) in [5.41, 5.74) is 0.586. The molecule has 12 heteroatoms. The molecule has 3 aromatic carbocycles. The van der Waals surface area contributed by atoms with E-state index in [4.69, 9.17) is 13.7 Å². The van der Waals surface area contributed by atoms with Gasteiger partial charge in [-0.1, -0.05) is 11.2 Å². The van der Waals surface area contributed by atoms with Crippen molar-refractivity contribution < 1.29 is 31.2 Å². The zero-order valence-corrected chi connectivity index (χ0v) is 19.0. The van der Waals surface area contributed by atoms with Crippen LogP contribution in [-0.4, -0.2) is 20.3 Å². The van der Waals surface area contributed by atoms with Gasteiger partial charge in [0, 0.05) is 17.0 Å². The molecule has 6 rings (SSSR count). The predicted octanol–water partition coefficient (Wildman–Crippen LogP) is 6.12. The average Bonchev–Trinajstić information content (AvgIpc) is 3.56. The fourth-order valence-corrected chi connectivity index (χ4v) is 3.96. The Morgan fingerprint density at radius 1 is 1.00 bits per heavy atom. The summed E-state index contributed by atoms with van der Waals surface area (Å²) in [6, 6.07) is 12.0. The molecule has 0 unspecified atom stereocenters. The largest absolute Gasteiger partial charge is 0.485 e. The molecule has 0 aliphatic carbocycles. The molecule has 0 amide bonds. The first-order valence-electron chi connectivity index (χ1n) is 11.1. The lowest BCUT2D eigenvalue weighted by Gasteiger charge is -2.07. The number of nitrogens with one attached hydrogen (secondary N) is 1. The fraction of sp³-hybridized carbons (Fsp3) is 0.0769. The summed E-state index contributed by atoms with van der Waals surface area (Å²) in [7, 11) is 0. The van der Waals surface area contributed by atoms with Crippen LogP contribution in [0.3, 0.4) is 0 Å². The molecular formula is C26H14F4N4O4. The van der Waals surface area contributed by atoms with E-state index in [1.165, 1.54) is 12.3 Å². The standard InChI is InChI=1S/C26H14F4N4O4/c27-17-7-14(6-16(8-17)26(28,29)30)25-32-23(34-38-25)12-36-18-2-3-19-22(9-18)37-11-20(24(19)35)13-1-4-21-15(5-13)10-31-33-21/h1-11H,12H2,(H,31,33). The maximum atomic E-state index is 13.7. The minimum absolute atomic E-state index is 0.0179. The summed E-state index contributed by atoms with van der Waals surface area (Å²) in [4.78, 5) is 17.1. The predicted molar refractivity (Wildman–Crippen MR) is 127 cm³/mol. The summed E-state index contributed by atoms with van der Waals surface area (Å²) < 4.78 is 69.0. The van der Waals surface area contributed by atoms with Gasteiger partial charge in [-0.3, -0.25) is 9.89 Å². The number of rotatable bonds is 5. The van der Waals surface area contributed by atoms with Crippen LogP contribution in [0.5, 0.6) is 5.75 Å². The van der Waals surface area contributed by atoms with Gasteiger partial charge in [0.15, 0.2) is 12.0 Å². The third-order valence-electron chi connectivity index (χ3n) is 5.81. The molecule has 0 bridgehead atoms. The fourth-order valence-electron chi connectivity index (χ4n) is 3.96. The first kappa shape index (κ1) is 23.4. The number of hydrogen-bond acceptors (Lipinski definition) is 7. The van der Waals surface area contributed by atoms with Crippen LogP contribution in [0.4, 0.5) is 17.6 Å². The second-order valence-electron chi connectivity index (χ2n) is 8.34. The van der Waals surface area contributed by atoms with E-state index >= 15 is 0 Å². The minimum atomic E-state index is -4.73. The van der Waals surface area contributed by atoms with Crippen molar-refractivity contribution in [2.24, 2.45) is 0 Å². The van der Waals surface area contributed by atoms with Crippen molar-refractivity contribution in [1.29, 1.82) is 0 Å². The number of alkyl halides is 3. The monoisotopic (exact) mass is 522 g/mol. The highest BCUT2D eigenvalue weighted by molar-refractivity contribution is 5.87. The Bertz CT molecular complexity index is 1870. The van der Waals surface area contributed by atoms with E-state index in [0.717, 1.165) is 17.0 Å². The number of H-pyrrole nitrogens is 1. The SMILES string of the molecule is O=c1c(-c2ccc3[nH]ncc3c2)coc2cc(OCc3noc(-c4cc(F)cc(C(F)(F)F)c4)n3)ccc12. The molecule has 190 valence electrons. The van der Waals surface area contributed by atoms with Crippen LogP contribution in [0, 0.1) is 5.82 Å². The maximum absolute atomic E-state index is 13.7. The number of aromatic nitrogens is 4. The van der Waals surface area contributed by atoms with Gasteiger partial charge in [0.25, 0.3) is 5.89 Å². The second kappa shape index (κ2) is 8.83. The average molecular weight is 522 g/mol. The van der Waals surface area contributed by atoms with Crippen molar-refractivity contribution >= 4 is 21.9 Å². The second-order valence-corrected chi connectivity index (χ2v) is 8.34. The lowest BCUT2D eigenvalue weighted by molar-refractivity contribution is -0.137. The lowest BCUT2D eigenvalue weighted by atomic mass is 10.0. The van der Waals surface area contributed by atoms with Crippen molar-refractivity contribution in [3.05, 3.63) is 94.5 Å². The van der Waals surface area contributed by atoms with Crippen LogP contribution >= 0.6 is 0 Å². The molecule has 3 heterocycles. The zero-order chi connectivity index (χ0) is 26.4. The molecule has 0 aliphatic rings. The molecule has 0 saturated heterocycles. The normalized spacial score (nSPS) is 11.9. The number of halogens is 4. The molecule has 8 nitrogen and oxygen atoms in total. The Labute approximate surface area is 209 Å².